The van der Waals surface area contributed by atoms with Gasteiger partial charge in [-0.05, 0) is 24.3 Å². The molecule has 0 atom stereocenters. The van der Waals surface area contributed by atoms with Crippen LogP contribution in [0.25, 0.3) is 0 Å². The van der Waals surface area contributed by atoms with Gasteiger partial charge >= 0.3 is 0 Å². The first-order valence-electron chi connectivity index (χ1n) is 3.58. The SMILES string of the molecule is COc1ccc(S(=O)(=O)CO)cc1. The molecule has 0 aliphatic carbocycles. The van der Waals surface area contributed by atoms with E-state index in [1.807, 2.05) is 0 Å². The van der Waals surface area contributed by atoms with Gasteiger partial charge in [-0.2, -0.15) is 0 Å². The van der Waals surface area contributed by atoms with Crippen LogP contribution in [0, 0.1) is 0 Å². The summed E-state index contributed by atoms with van der Waals surface area (Å²) in [5, 5.41) is 8.55. The molecule has 4 nitrogen and oxygen atoms in total. The van der Waals surface area contributed by atoms with Gasteiger partial charge in [0.05, 0.1) is 12.0 Å². The van der Waals surface area contributed by atoms with Gasteiger partial charge in [0, 0.05) is 0 Å². The van der Waals surface area contributed by atoms with Crippen molar-refractivity contribution in [3.05, 3.63) is 24.3 Å². The molecule has 0 bridgehead atoms. The van der Waals surface area contributed by atoms with Gasteiger partial charge in [-0.15, -0.1) is 0 Å². The second-order valence-electron chi connectivity index (χ2n) is 2.42. The monoisotopic (exact) mass is 202 g/mol. The van der Waals surface area contributed by atoms with Crippen LogP contribution in [-0.4, -0.2) is 26.6 Å². The van der Waals surface area contributed by atoms with Crippen LogP contribution in [-0.2, 0) is 9.84 Å². The summed E-state index contributed by atoms with van der Waals surface area (Å²) in [6.07, 6.45) is 0. The highest BCUT2D eigenvalue weighted by molar-refractivity contribution is 7.91. The molecule has 0 spiro atoms. The molecule has 0 amide bonds. The maximum Gasteiger partial charge on any atom is 0.202 e. The summed E-state index contributed by atoms with van der Waals surface area (Å²) in [6.45, 7) is 0. The van der Waals surface area contributed by atoms with Crippen LogP contribution in [0.1, 0.15) is 0 Å². The minimum Gasteiger partial charge on any atom is -0.497 e. The van der Waals surface area contributed by atoms with Gasteiger partial charge in [0.2, 0.25) is 9.84 Å². The maximum absolute atomic E-state index is 11.1. The summed E-state index contributed by atoms with van der Waals surface area (Å²) in [4.78, 5) is 0.0933. The molecule has 1 N–H and O–H groups in total. The minimum absolute atomic E-state index is 0.0933. The number of rotatable bonds is 3. The lowest BCUT2D eigenvalue weighted by molar-refractivity contribution is 0.358. The van der Waals surface area contributed by atoms with E-state index in [9.17, 15) is 8.42 Å². The van der Waals surface area contributed by atoms with Gasteiger partial charge in [0.15, 0.2) is 0 Å². The first-order valence-corrected chi connectivity index (χ1v) is 5.23. The maximum atomic E-state index is 11.1. The zero-order valence-electron chi connectivity index (χ0n) is 7.10. The topological polar surface area (TPSA) is 63.6 Å². The average molecular weight is 202 g/mol. The number of aliphatic hydroxyl groups is 1. The van der Waals surface area contributed by atoms with E-state index in [1.54, 1.807) is 0 Å². The van der Waals surface area contributed by atoms with Gasteiger partial charge in [0.1, 0.15) is 11.7 Å². The summed E-state index contributed by atoms with van der Waals surface area (Å²) in [5.41, 5.74) is 0. The normalized spacial score (nSPS) is 11.2. The van der Waals surface area contributed by atoms with Gasteiger partial charge in [0.25, 0.3) is 0 Å². The fourth-order valence-electron chi connectivity index (χ4n) is 0.858. The number of sulfone groups is 1. The Morgan fingerprint density at radius 3 is 2.23 bits per heavy atom. The van der Waals surface area contributed by atoms with Crippen molar-refractivity contribution in [3.63, 3.8) is 0 Å². The largest absolute Gasteiger partial charge is 0.497 e. The Bertz CT molecular complexity index is 366. The van der Waals surface area contributed by atoms with Crippen molar-refractivity contribution in [2.24, 2.45) is 0 Å². The van der Waals surface area contributed by atoms with Crippen LogP contribution in [0.5, 0.6) is 5.75 Å². The molecule has 0 aliphatic heterocycles. The minimum atomic E-state index is -3.52. The fraction of sp³-hybridized carbons (Fsp3) is 0.250. The molecule has 0 aromatic heterocycles. The molecule has 0 saturated carbocycles. The molecule has 5 heteroatoms. The molecule has 0 unspecified atom stereocenters. The number of hydrogen-bond acceptors (Lipinski definition) is 4. The Labute approximate surface area is 76.7 Å². The second kappa shape index (κ2) is 3.76. The van der Waals surface area contributed by atoms with Crippen molar-refractivity contribution in [2.45, 2.75) is 4.90 Å². The van der Waals surface area contributed by atoms with Crippen molar-refractivity contribution in [2.75, 3.05) is 13.0 Å². The van der Waals surface area contributed by atoms with Crippen LogP contribution < -0.4 is 4.74 Å². The van der Waals surface area contributed by atoms with E-state index in [1.165, 1.54) is 31.4 Å². The van der Waals surface area contributed by atoms with E-state index < -0.39 is 15.8 Å². The third kappa shape index (κ3) is 2.19. The van der Waals surface area contributed by atoms with Crippen LogP contribution in [0.3, 0.4) is 0 Å². The van der Waals surface area contributed by atoms with E-state index in [0.717, 1.165) is 0 Å². The Morgan fingerprint density at radius 2 is 1.85 bits per heavy atom. The van der Waals surface area contributed by atoms with E-state index in [4.69, 9.17) is 9.84 Å². The van der Waals surface area contributed by atoms with E-state index in [-0.39, 0.29) is 4.90 Å². The first kappa shape index (κ1) is 10.0. The lowest BCUT2D eigenvalue weighted by Gasteiger charge is -2.02. The van der Waals surface area contributed by atoms with Crippen LogP contribution in [0.2, 0.25) is 0 Å². The Morgan fingerprint density at radius 1 is 1.31 bits per heavy atom. The lowest BCUT2D eigenvalue weighted by Crippen LogP contribution is -2.05. The van der Waals surface area contributed by atoms with Gasteiger partial charge in [-0.25, -0.2) is 8.42 Å². The molecule has 0 heterocycles. The second-order valence-corrected chi connectivity index (χ2v) is 4.38. The van der Waals surface area contributed by atoms with Gasteiger partial charge < -0.3 is 9.84 Å². The van der Waals surface area contributed by atoms with E-state index >= 15 is 0 Å². The number of benzene rings is 1. The molecule has 1 aromatic rings. The molecule has 1 aromatic carbocycles. The Balaban J connectivity index is 3.06. The lowest BCUT2D eigenvalue weighted by atomic mass is 10.3. The van der Waals surface area contributed by atoms with Crippen molar-refractivity contribution in [3.8, 4) is 5.75 Å². The average Bonchev–Trinajstić information content (AvgIpc) is 2.18. The highest BCUT2D eigenvalue weighted by Gasteiger charge is 2.11. The Hall–Kier alpha value is -1.07. The summed E-state index contributed by atoms with van der Waals surface area (Å²) in [5.74, 6) is -0.295. The van der Waals surface area contributed by atoms with E-state index in [0.29, 0.717) is 5.75 Å². The quantitative estimate of drug-likeness (QED) is 0.771. The molecule has 72 valence electrons. The molecular formula is C8H10O4S. The summed E-state index contributed by atoms with van der Waals surface area (Å²) < 4.78 is 27.1. The highest BCUT2D eigenvalue weighted by Crippen LogP contribution is 2.15. The summed E-state index contributed by atoms with van der Waals surface area (Å²) in [6, 6.07) is 5.85. The zero-order valence-corrected chi connectivity index (χ0v) is 7.91. The number of aliphatic hydroxyl groups excluding tert-OH is 1. The van der Waals surface area contributed by atoms with Crippen molar-refractivity contribution in [1.82, 2.24) is 0 Å². The summed E-state index contributed by atoms with van der Waals surface area (Å²) in [7, 11) is -2.03. The van der Waals surface area contributed by atoms with Gasteiger partial charge in [-0.1, -0.05) is 0 Å². The van der Waals surface area contributed by atoms with E-state index in [2.05, 4.69) is 0 Å². The molecule has 0 saturated heterocycles. The standard InChI is InChI=1S/C8H10O4S/c1-12-7-2-4-8(5-3-7)13(10,11)6-9/h2-5,9H,6H2,1H3. The number of hydrogen-bond donors (Lipinski definition) is 1. The van der Waals surface area contributed by atoms with Crippen molar-refractivity contribution in [1.29, 1.82) is 0 Å². The highest BCUT2D eigenvalue weighted by atomic mass is 32.2. The molecule has 0 aliphatic rings. The molecule has 0 fully saturated rings. The van der Waals surface area contributed by atoms with Gasteiger partial charge in [-0.3, -0.25) is 0 Å². The number of methoxy groups -OCH3 is 1. The molecule has 0 radical (unpaired) electrons. The fourth-order valence-corrected chi connectivity index (χ4v) is 1.56. The first-order chi connectivity index (χ1) is 6.10. The molecular weight excluding hydrogens is 192 g/mol. The van der Waals surface area contributed by atoms with Crippen molar-refractivity contribution >= 4 is 9.84 Å². The third-order valence-corrected chi connectivity index (χ3v) is 2.92. The predicted molar refractivity (Wildman–Crippen MR) is 47.3 cm³/mol. The molecule has 13 heavy (non-hydrogen) atoms. The Kier molecular flexibility index (Phi) is 2.90. The number of ether oxygens (including phenoxy) is 1. The summed E-state index contributed by atoms with van der Waals surface area (Å²) >= 11 is 0. The van der Waals surface area contributed by atoms with Crippen LogP contribution in [0.4, 0.5) is 0 Å². The van der Waals surface area contributed by atoms with Crippen molar-refractivity contribution < 1.29 is 18.3 Å². The van der Waals surface area contributed by atoms with Crippen LogP contribution in [0.15, 0.2) is 29.2 Å². The smallest absolute Gasteiger partial charge is 0.202 e. The third-order valence-electron chi connectivity index (χ3n) is 1.59. The predicted octanol–water partition coefficient (Wildman–Crippen LogP) is 0.419. The zero-order chi connectivity index (χ0) is 9.90. The molecule has 1 rings (SSSR count). The van der Waals surface area contributed by atoms with Crippen LogP contribution >= 0.6 is 0 Å².